The van der Waals surface area contributed by atoms with Crippen LogP contribution in [-0.4, -0.2) is 43.2 Å². The molecule has 0 bridgehead atoms. The molecule has 4 rings (SSSR count). The van der Waals surface area contributed by atoms with E-state index >= 15 is 0 Å². The Bertz CT molecular complexity index is 1290. The van der Waals surface area contributed by atoms with Gasteiger partial charge in [-0.25, -0.2) is 17.6 Å². The molecule has 2 N–H and O–H groups in total. The molecule has 3 heterocycles. The summed E-state index contributed by atoms with van der Waals surface area (Å²) in [4.78, 5) is 15.0. The Hall–Kier alpha value is -2.24. The van der Waals surface area contributed by atoms with Crippen molar-refractivity contribution < 1.29 is 13.4 Å². The minimum atomic E-state index is -2.89. The predicted octanol–water partition coefficient (Wildman–Crippen LogP) is 3.77. The van der Waals surface area contributed by atoms with Gasteiger partial charge >= 0.3 is 0 Å². The van der Waals surface area contributed by atoms with Gasteiger partial charge in [0.2, 0.25) is 5.91 Å². The van der Waals surface area contributed by atoms with E-state index in [0.29, 0.717) is 12.1 Å². The van der Waals surface area contributed by atoms with Crippen LogP contribution < -0.4 is 10.0 Å². The lowest BCUT2D eigenvalue weighted by Gasteiger charge is -2.39. The number of aryl methyl sites for hydroxylation is 1. The fourth-order valence-corrected chi connectivity index (χ4v) is 6.42. The van der Waals surface area contributed by atoms with Gasteiger partial charge in [-0.05, 0) is 49.5 Å². The van der Waals surface area contributed by atoms with E-state index in [1.807, 2.05) is 37.0 Å². The second-order valence-corrected chi connectivity index (χ2v) is 11.3. The van der Waals surface area contributed by atoms with Crippen molar-refractivity contribution in [3.63, 3.8) is 0 Å². The van der Waals surface area contributed by atoms with Crippen LogP contribution >= 0.6 is 22.9 Å². The third-order valence-electron chi connectivity index (χ3n) is 5.65. The molecule has 170 valence electrons. The van der Waals surface area contributed by atoms with Gasteiger partial charge in [0, 0.05) is 40.8 Å². The molecule has 1 fully saturated rings. The number of rotatable bonds is 4. The number of amides is 1. The van der Waals surface area contributed by atoms with E-state index in [2.05, 4.69) is 21.0 Å². The first-order valence-electron chi connectivity index (χ1n) is 9.79. The Morgan fingerprint density at radius 1 is 1.38 bits per heavy atom. The molecule has 1 aromatic carbocycles. The van der Waals surface area contributed by atoms with E-state index in [9.17, 15) is 13.4 Å². The van der Waals surface area contributed by atoms with Crippen LogP contribution in [0.15, 0.2) is 36.5 Å². The number of carbonyl (C=O) groups is 1. The Balaban J connectivity index is 1.58. The molecular weight excluding hydrogens is 473 g/mol. The van der Waals surface area contributed by atoms with Crippen LogP contribution in [0.1, 0.15) is 23.0 Å². The lowest BCUT2D eigenvalue weighted by Crippen LogP contribution is -2.55. The molecular formula is C21H23ClFN5O2S2. The second kappa shape index (κ2) is 8.60. The first-order chi connectivity index (χ1) is 15.1. The van der Waals surface area contributed by atoms with Crippen LogP contribution in [0.3, 0.4) is 0 Å². The van der Waals surface area contributed by atoms with Gasteiger partial charge in [0.05, 0.1) is 27.2 Å². The van der Waals surface area contributed by atoms with Crippen molar-refractivity contribution in [1.82, 2.24) is 18.8 Å². The number of hydrogen-bond acceptors (Lipinski definition) is 4. The summed E-state index contributed by atoms with van der Waals surface area (Å²) in [6.45, 7) is 2.00. The van der Waals surface area contributed by atoms with Gasteiger partial charge in [-0.2, -0.15) is 5.10 Å². The molecule has 3 atom stereocenters. The zero-order chi connectivity index (χ0) is 23.2. The Morgan fingerprint density at radius 2 is 2.12 bits per heavy atom. The second-order valence-electron chi connectivity index (χ2n) is 7.70. The summed E-state index contributed by atoms with van der Waals surface area (Å²) >= 11 is 7.38. The predicted molar refractivity (Wildman–Crippen MR) is 129 cm³/mol. The molecule has 1 amide bonds. The van der Waals surface area contributed by atoms with Crippen LogP contribution in [0.5, 0.6) is 0 Å². The molecule has 0 saturated carbocycles. The number of nitrogens with one attached hydrogen (secondary N) is 2. The average molecular weight is 496 g/mol. The number of aromatic nitrogens is 2. The Labute approximate surface area is 195 Å². The average Bonchev–Trinajstić information content (AvgIpc) is 3.34. The third kappa shape index (κ3) is 4.33. The fourth-order valence-electron chi connectivity index (χ4n) is 3.60. The zero-order valence-corrected chi connectivity index (χ0v) is 20.2. The van der Waals surface area contributed by atoms with Gasteiger partial charge < -0.3 is 5.32 Å². The zero-order valence-electron chi connectivity index (χ0n) is 17.8. The van der Waals surface area contributed by atoms with Crippen molar-refractivity contribution in [1.29, 1.82) is 0 Å². The summed E-state index contributed by atoms with van der Waals surface area (Å²) in [5, 5.41) is 6.95. The topological polar surface area (TPSA) is 79.3 Å². The summed E-state index contributed by atoms with van der Waals surface area (Å²) < 4.78 is 32.9. The minimum Gasteiger partial charge on any atom is -0.325 e. The molecule has 2 aromatic heterocycles. The lowest BCUT2D eigenvalue weighted by atomic mass is 10.1. The first kappa shape index (κ1) is 22.9. The first-order valence-corrected chi connectivity index (χ1v) is 12.7. The molecule has 3 aromatic rings. The highest BCUT2D eigenvalue weighted by atomic mass is 35.5. The van der Waals surface area contributed by atoms with Crippen LogP contribution in [-0.2, 0) is 21.7 Å². The van der Waals surface area contributed by atoms with E-state index < -0.39 is 21.8 Å². The van der Waals surface area contributed by atoms with Crippen LogP contribution in [0.25, 0.3) is 10.4 Å². The quantitative estimate of drug-likeness (QED) is 0.541. The Kier molecular flexibility index (Phi) is 6.17. The highest BCUT2D eigenvalue weighted by Crippen LogP contribution is 2.37. The van der Waals surface area contributed by atoms with Gasteiger partial charge in [0.1, 0.15) is 11.9 Å². The molecule has 1 aliphatic heterocycles. The molecule has 1 aliphatic rings. The molecule has 11 heteroatoms. The molecule has 7 nitrogen and oxygen atoms in total. The summed E-state index contributed by atoms with van der Waals surface area (Å²) in [5.74, 6) is 2.89. The number of likely N-dealkylation sites (N-methyl/N-ethyl adjacent to an activating group) is 1. The minimum absolute atomic E-state index is 0.0860. The largest absolute Gasteiger partial charge is 0.325 e. The maximum absolute atomic E-state index is 13.4. The van der Waals surface area contributed by atoms with Crippen molar-refractivity contribution >= 4 is 50.3 Å². The SMILES string of the molecule is C=S1(=O)N[C@@H](c2ccc(-c3cnn(C)c3C)s2)C[C@@H](C(=O)Nc2ccc(F)c(Cl)c2)N1C. The normalized spacial score (nSPS) is 23.9. The van der Waals surface area contributed by atoms with E-state index in [1.54, 1.807) is 18.4 Å². The summed E-state index contributed by atoms with van der Waals surface area (Å²) in [7, 11) is 0.594. The van der Waals surface area contributed by atoms with Crippen LogP contribution in [0, 0.1) is 12.7 Å². The van der Waals surface area contributed by atoms with E-state index in [1.165, 1.54) is 22.5 Å². The molecule has 1 unspecified atom stereocenters. The van der Waals surface area contributed by atoms with Gasteiger partial charge in [-0.3, -0.25) is 9.48 Å². The van der Waals surface area contributed by atoms with Crippen molar-refractivity contribution in [2.45, 2.75) is 25.4 Å². The molecule has 0 spiro atoms. The van der Waals surface area contributed by atoms with Gasteiger partial charge in [-0.15, -0.1) is 11.3 Å². The maximum Gasteiger partial charge on any atom is 0.242 e. The summed E-state index contributed by atoms with van der Waals surface area (Å²) in [6, 6.07) is 6.91. The van der Waals surface area contributed by atoms with Crippen molar-refractivity contribution in [3.05, 3.63) is 57.9 Å². The van der Waals surface area contributed by atoms with Crippen LogP contribution in [0.4, 0.5) is 10.1 Å². The highest BCUT2D eigenvalue weighted by molar-refractivity contribution is 7.96. The monoisotopic (exact) mass is 495 g/mol. The number of anilines is 1. The molecule has 0 radical (unpaired) electrons. The fraction of sp³-hybridized carbons (Fsp3) is 0.286. The van der Waals surface area contributed by atoms with Crippen molar-refractivity contribution in [3.8, 4) is 10.4 Å². The van der Waals surface area contributed by atoms with Crippen LogP contribution in [0.2, 0.25) is 5.02 Å². The van der Waals surface area contributed by atoms with Gasteiger partial charge in [-0.1, -0.05) is 11.6 Å². The third-order valence-corrected chi connectivity index (χ3v) is 9.01. The molecule has 32 heavy (non-hydrogen) atoms. The van der Waals surface area contributed by atoms with E-state index in [4.69, 9.17) is 11.6 Å². The number of hydrogen-bond donors (Lipinski definition) is 2. The summed E-state index contributed by atoms with van der Waals surface area (Å²) in [5.41, 5.74) is 2.45. The van der Waals surface area contributed by atoms with E-state index in [-0.39, 0.29) is 17.0 Å². The highest BCUT2D eigenvalue weighted by Gasteiger charge is 2.38. The number of halogens is 2. The standard InChI is InChI=1S/C21H23ClFN5O2S2/c1-12-14(11-24-27(12)2)19-7-8-20(31-19)17-10-18(28(3)32(4,30)26-17)21(29)25-13-5-6-16(23)15(22)9-13/h5-9,11,17-18H,4,10H2,1-3H3,(H,25,29)(H,26,30)/t17-,18+,32?/m1/s1. The molecule has 0 aliphatic carbocycles. The number of carbonyl (C=O) groups excluding carboxylic acids is 1. The number of thiophene rings is 1. The van der Waals surface area contributed by atoms with Gasteiger partial charge in [0.25, 0.3) is 0 Å². The summed E-state index contributed by atoms with van der Waals surface area (Å²) in [6.07, 6.45) is 2.21. The Morgan fingerprint density at radius 3 is 2.78 bits per heavy atom. The number of benzene rings is 1. The lowest BCUT2D eigenvalue weighted by molar-refractivity contribution is -0.120. The molecule has 1 saturated heterocycles. The van der Waals surface area contributed by atoms with Crippen molar-refractivity contribution in [2.75, 3.05) is 12.4 Å². The smallest absolute Gasteiger partial charge is 0.242 e. The van der Waals surface area contributed by atoms with E-state index in [0.717, 1.165) is 21.0 Å². The van der Waals surface area contributed by atoms with Gasteiger partial charge in [0.15, 0.2) is 0 Å². The maximum atomic E-state index is 13.4. The number of nitrogens with zero attached hydrogens (tertiary/aromatic N) is 3. The van der Waals surface area contributed by atoms with Crippen molar-refractivity contribution in [2.24, 2.45) is 7.05 Å².